The number of aryl methyl sites for hydroxylation is 1. The Bertz CT molecular complexity index is 419. The fourth-order valence-electron chi connectivity index (χ4n) is 1.97. The third-order valence-corrected chi connectivity index (χ3v) is 3.18. The topological polar surface area (TPSA) is 46.3 Å². The van der Waals surface area contributed by atoms with E-state index in [1.807, 2.05) is 13.0 Å². The van der Waals surface area contributed by atoms with E-state index in [2.05, 4.69) is 0 Å². The molecule has 2 N–H and O–H groups in total. The van der Waals surface area contributed by atoms with E-state index in [0.29, 0.717) is 17.1 Å². The van der Waals surface area contributed by atoms with Gasteiger partial charge in [0.25, 0.3) is 5.91 Å². The molecule has 1 fully saturated rings. The van der Waals surface area contributed by atoms with Crippen molar-refractivity contribution < 1.29 is 4.79 Å². The highest BCUT2D eigenvalue weighted by Crippen LogP contribution is 2.19. The highest BCUT2D eigenvalue weighted by Gasteiger charge is 2.25. The molecule has 16 heavy (non-hydrogen) atoms. The first-order valence-electron chi connectivity index (χ1n) is 5.39. The Morgan fingerprint density at radius 1 is 1.56 bits per heavy atom. The van der Waals surface area contributed by atoms with Crippen LogP contribution in [0.3, 0.4) is 0 Å². The minimum atomic E-state index is 0.0351. The predicted molar refractivity (Wildman–Crippen MR) is 64.7 cm³/mol. The van der Waals surface area contributed by atoms with Crippen LogP contribution in [0, 0.1) is 6.92 Å². The Morgan fingerprint density at radius 3 is 2.94 bits per heavy atom. The summed E-state index contributed by atoms with van der Waals surface area (Å²) < 4.78 is 0. The van der Waals surface area contributed by atoms with E-state index in [9.17, 15) is 4.79 Å². The van der Waals surface area contributed by atoms with E-state index < -0.39 is 0 Å². The molecule has 0 radical (unpaired) electrons. The zero-order valence-electron chi connectivity index (χ0n) is 9.24. The largest absolute Gasteiger partial charge is 0.337 e. The maximum absolute atomic E-state index is 12.2. The molecule has 0 unspecified atom stereocenters. The van der Waals surface area contributed by atoms with Crippen molar-refractivity contribution in [3.63, 3.8) is 0 Å². The van der Waals surface area contributed by atoms with Crippen LogP contribution in [0.1, 0.15) is 22.3 Å². The molecule has 0 aliphatic carbocycles. The number of nitrogens with zero attached hydrogens (tertiary/aromatic N) is 1. The smallest absolute Gasteiger partial charge is 0.254 e. The Morgan fingerprint density at radius 2 is 2.31 bits per heavy atom. The summed E-state index contributed by atoms with van der Waals surface area (Å²) in [6.45, 7) is 3.30. The van der Waals surface area contributed by atoms with Crippen molar-refractivity contribution in [1.82, 2.24) is 4.90 Å². The van der Waals surface area contributed by atoms with Crippen LogP contribution < -0.4 is 5.73 Å². The van der Waals surface area contributed by atoms with E-state index in [4.69, 9.17) is 17.3 Å². The van der Waals surface area contributed by atoms with Gasteiger partial charge in [0, 0.05) is 29.7 Å². The van der Waals surface area contributed by atoms with Crippen LogP contribution in [0.15, 0.2) is 18.2 Å². The van der Waals surface area contributed by atoms with Gasteiger partial charge in [0.15, 0.2) is 0 Å². The molecule has 1 heterocycles. The van der Waals surface area contributed by atoms with Gasteiger partial charge < -0.3 is 10.6 Å². The van der Waals surface area contributed by atoms with Crippen molar-refractivity contribution in [1.29, 1.82) is 0 Å². The second-order valence-electron chi connectivity index (χ2n) is 4.26. The van der Waals surface area contributed by atoms with Crippen molar-refractivity contribution in [2.75, 3.05) is 13.1 Å². The molecular formula is C12H15ClN2O. The van der Waals surface area contributed by atoms with Crippen molar-refractivity contribution >= 4 is 17.5 Å². The maximum atomic E-state index is 12.2. The van der Waals surface area contributed by atoms with Crippen molar-refractivity contribution in [3.8, 4) is 0 Å². The molecule has 0 saturated carbocycles. The minimum absolute atomic E-state index is 0.0351. The van der Waals surface area contributed by atoms with Crippen LogP contribution in [-0.4, -0.2) is 29.9 Å². The molecule has 4 heteroatoms. The Kier molecular flexibility index (Phi) is 3.17. The molecule has 2 rings (SSSR count). The van der Waals surface area contributed by atoms with Gasteiger partial charge in [-0.2, -0.15) is 0 Å². The highest BCUT2D eigenvalue weighted by molar-refractivity contribution is 6.31. The van der Waals surface area contributed by atoms with Gasteiger partial charge in [0.1, 0.15) is 0 Å². The summed E-state index contributed by atoms with van der Waals surface area (Å²) in [7, 11) is 0. The van der Waals surface area contributed by atoms with E-state index in [-0.39, 0.29) is 11.9 Å². The number of hydrogen-bond donors (Lipinski definition) is 1. The van der Waals surface area contributed by atoms with Crippen LogP contribution >= 0.6 is 11.6 Å². The quantitative estimate of drug-likeness (QED) is 0.811. The monoisotopic (exact) mass is 238 g/mol. The second kappa shape index (κ2) is 4.44. The van der Waals surface area contributed by atoms with Gasteiger partial charge in [0.05, 0.1) is 0 Å². The molecule has 1 atom stereocenters. The summed E-state index contributed by atoms with van der Waals surface area (Å²) in [5.74, 6) is 0.0351. The lowest BCUT2D eigenvalue weighted by Crippen LogP contribution is -2.32. The maximum Gasteiger partial charge on any atom is 0.254 e. The lowest BCUT2D eigenvalue weighted by Gasteiger charge is -2.17. The SMILES string of the molecule is Cc1ccc(Cl)cc1C(=O)N1CC[C@H](N)C1. The van der Waals surface area contributed by atoms with Gasteiger partial charge in [-0.05, 0) is 31.0 Å². The fraction of sp³-hybridized carbons (Fsp3) is 0.417. The number of amides is 1. The van der Waals surface area contributed by atoms with Crippen molar-refractivity contribution in [2.45, 2.75) is 19.4 Å². The molecule has 0 bridgehead atoms. The number of halogens is 1. The van der Waals surface area contributed by atoms with Gasteiger partial charge >= 0.3 is 0 Å². The molecule has 86 valence electrons. The molecule has 1 saturated heterocycles. The average Bonchev–Trinajstić information content (AvgIpc) is 2.67. The van der Waals surface area contributed by atoms with Crippen molar-refractivity contribution in [3.05, 3.63) is 34.3 Å². The molecule has 1 aliphatic rings. The lowest BCUT2D eigenvalue weighted by molar-refractivity contribution is 0.0790. The number of nitrogens with two attached hydrogens (primary N) is 1. The number of rotatable bonds is 1. The third-order valence-electron chi connectivity index (χ3n) is 2.94. The van der Waals surface area contributed by atoms with Crippen LogP contribution in [0.2, 0.25) is 5.02 Å². The first-order valence-corrected chi connectivity index (χ1v) is 5.76. The predicted octanol–water partition coefficient (Wildman–Crippen LogP) is 1.82. The number of likely N-dealkylation sites (tertiary alicyclic amines) is 1. The summed E-state index contributed by atoms with van der Waals surface area (Å²) in [5, 5.41) is 0.595. The van der Waals surface area contributed by atoms with Crippen LogP contribution in [-0.2, 0) is 0 Å². The molecule has 1 aromatic rings. The average molecular weight is 239 g/mol. The summed E-state index contributed by atoms with van der Waals surface area (Å²) >= 11 is 5.90. The molecule has 1 aromatic carbocycles. The summed E-state index contributed by atoms with van der Waals surface area (Å²) in [5.41, 5.74) is 7.42. The Hall–Kier alpha value is -1.06. The van der Waals surface area contributed by atoms with Crippen LogP contribution in [0.4, 0.5) is 0 Å². The van der Waals surface area contributed by atoms with Gasteiger partial charge in [-0.25, -0.2) is 0 Å². The van der Waals surface area contributed by atoms with Crippen LogP contribution in [0.5, 0.6) is 0 Å². The molecule has 1 aliphatic heterocycles. The molecule has 0 aromatic heterocycles. The molecular weight excluding hydrogens is 224 g/mol. The van der Waals surface area contributed by atoms with Crippen LogP contribution in [0.25, 0.3) is 0 Å². The van der Waals surface area contributed by atoms with Gasteiger partial charge in [-0.3, -0.25) is 4.79 Å². The van der Waals surface area contributed by atoms with Gasteiger partial charge in [-0.1, -0.05) is 17.7 Å². The standard InChI is InChI=1S/C12H15ClN2O/c1-8-2-3-9(13)6-11(8)12(16)15-5-4-10(14)7-15/h2-3,6,10H,4-5,7,14H2,1H3/t10-/m0/s1. The third kappa shape index (κ3) is 2.20. The molecule has 3 nitrogen and oxygen atoms in total. The summed E-state index contributed by atoms with van der Waals surface area (Å²) in [6, 6.07) is 5.50. The summed E-state index contributed by atoms with van der Waals surface area (Å²) in [6.07, 6.45) is 0.880. The number of benzene rings is 1. The normalized spacial score (nSPS) is 20.2. The van der Waals surface area contributed by atoms with E-state index in [1.54, 1.807) is 17.0 Å². The Balaban J connectivity index is 2.23. The molecule has 1 amide bonds. The second-order valence-corrected chi connectivity index (χ2v) is 4.70. The Labute approximate surface area is 100 Å². The first-order chi connectivity index (χ1) is 7.58. The fourth-order valence-corrected chi connectivity index (χ4v) is 2.14. The number of carbonyl (C=O) groups is 1. The minimum Gasteiger partial charge on any atom is -0.337 e. The van der Waals surface area contributed by atoms with E-state index >= 15 is 0 Å². The van der Waals surface area contributed by atoms with E-state index in [1.165, 1.54) is 0 Å². The lowest BCUT2D eigenvalue weighted by atomic mass is 10.1. The first kappa shape index (κ1) is 11.4. The highest BCUT2D eigenvalue weighted by atomic mass is 35.5. The van der Waals surface area contributed by atoms with E-state index in [0.717, 1.165) is 18.5 Å². The number of carbonyl (C=O) groups excluding carboxylic acids is 1. The zero-order chi connectivity index (χ0) is 11.7. The summed E-state index contributed by atoms with van der Waals surface area (Å²) in [4.78, 5) is 14.0. The zero-order valence-corrected chi connectivity index (χ0v) is 10.00. The van der Waals surface area contributed by atoms with Gasteiger partial charge in [0.2, 0.25) is 0 Å². The van der Waals surface area contributed by atoms with Gasteiger partial charge in [-0.15, -0.1) is 0 Å². The number of hydrogen-bond acceptors (Lipinski definition) is 2. The molecule has 0 spiro atoms. The van der Waals surface area contributed by atoms with Crippen molar-refractivity contribution in [2.24, 2.45) is 5.73 Å².